The summed E-state index contributed by atoms with van der Waals surface area (Å²) in [6.07, 6.45) is 25.9. The minimum atomic E-state index is -0.147. The van der Waals surface area contributed by atoms with Crippen molar-refractivity contribution in [3.8, 4) is 5.75 Å². The number of aromatic nitrogens is 12. The van der Waals surface area contributed by atoms with E-state index in [0.29, 0.717) is 27.9 Å². The number of H-pyrrole nitrogens is 5. The maximum absolute atomic E-state index is 11.1. The van der Waals surface area contributed by atoms with Gasteiger partial charge in [-0.05, 0) is 228 Å². The highest BCUT2D eigenvalue weighted by molar-refractivity contribution is 7.08. The molecule has 0 saturated carbocycles. The number of carbonyl (C=O) groups excluding carboxylic acids is 1. The number of thiophene rings is 1. The van der Waals surface area contributed by atoms with Crippen LogP contribution in [0.5, 0.6) is 5.75 Å². The number of carbonyl (C=O) groups is 1. The Morgan fingerprint density at radius 3 is 1.25 bits per heavy atom. The van der Waals surface area contributed by atoms with E-state index in [1.54, 1.807) is 29.7 Å². The molecule has 3 aliphatic heterocycles. The molecule has 6 N–H and O–H groups in total. The van der Waals surface area contributed by atoms with Crippen molar-refractivity contribution in [1.29, 1.82) is 0 Å². The SMILES string of the molecule is CC(C)(C)C1=CCN=C1.CC(C)(C)C1=CCc2ccccc21.CC(C)(C)C1=NCC=C1.CC(C)(C)N1CCCC1=O.CC(C)(C)c1cc2ccccc2[nH]1.CC(C)(C)c1ccc(O)cc1.CC(C)(C)c1ccc2[nH]c(=O)[nH]c2c1.CC(C)(C)c1ccccc1.CC(C)(C)c1ccccn1.CC(C)(C)c1cccnc1.CC(C)(C)c1ccncc1.CC(C)(C)c1ccsc1.CC(C)(C)c1ncn[nH]1.CC(C)(C)c1ncn[nH]1. The number of hydrogen-bond donors (Lipinski definition) is 6. The second-order valence-corrected chi connectivity index (χ2v) is 52.5. The Kier molecular flexibility index (Phi) is 47.9. The van der Waals surface area contributed by atoms with E-state index in [4.69, 9.17) is 5.11 Å². The second kappa shape index (κ2) is 55.3. The third kappa shape index (κ3) is 47.3. The van der Waals surface area contributed by atoms with Crippen LogP contribution in [-0.2, 0) is 65.4 Å². The Labute approximate surface area is 885 Å². The Balaban J connectivity index is 0.000000328. The molecule has 0 radical (unpaired) electrons. The van der Waals surface area contributed by atoms with Gasteiger partial charge in [0.25, 0.3) is 0 Å². The second-order valence-electron chi connectivity index (χ2n) is 51.7. The number of aromatic amines is 5. The minimum Gasteiger partial charge on any atom is -0.508 e. The van der Waals surface area contributed by atoms with E-state index in [1.807, 2.05) is 84.4 Å². The van der Waals surface area contributed by atoms with Gasteiger partial charge in [0.15, 0.2) is 0 Å². The monoisotopic (exact) mass is 2000 g/mol. The van der Waals surface area contributed by atoms with E-state index in [1.165, 1.54) is 90.6 Å². The van der Waals surface area contributed by atoms with Gasteiger partial charge in [-0.15, -0.1) is 0 Å². The fraction of sp³-hybridized carbons (Fsp3) is 0.488. The van der Waals surface area contributed by atoms with E-state index < -0.39 is 0 Å². The van der Waals surface area contributed by atoms with Crippen LogP contribution in [0.1, 0.15) is 371 Å². The molecule has 1 amide bonds. The number of imidazole rings is 1. The molecular weight excluding hydrogens is 1820 g/mol. The first-order valence-electron chi connectivity index (χ1n) is 51.7. The molecule has 1 aliphatic carbocycles. The number of rotatable bonds is 0. The molecule has 0 unspecified atom stereocenters. The van der Waals surface area contributed by atoms with Crippen LogP contribution < -0.4 is 5.69 Å². The van der Waals surface area contributed by atoms with Crippen LogP contribution in [0.4, 0.5) is 0 Å². The number of amides is 1. The van der Waals surface area contributed by atoms with Crippen molar-refractivity contribution in [1.82, 2.24) is 65.2 Å². The molecule has 1 saturated heterocycles. The number of likely N-dealkylation sites (tertiary alicyclic amines) is 1. The van der Waals surface area contributed by atoms with Crippen LogP contribution in [0.2, 0.25) is 0 Å². The van der Waals surface area contributed by atoms with Crippen molar-refractivity contribution in [2.45, 2.75) is 370 Å². The third-order valence-electron chi connectivity index (χ3n) is 23.7. The molecule has 8 aromatic heterocycles. The van der Waals surface area contributed by atoms with Crippen LogP contribution >= 0.6 is 11.3 Å². The number of nitrogens with zero attached hydrogens (tertiary/aromatic N) is 10. The molecule has 4 aliphatic rings. The summed E-state index contributed by atoms with van der Waals surface area (Å²) in [6.45, 7) is 94.1. The molecule has 18 nitrogen and oxygen atoms in total. The number of phenols is 1. The number of aliphatic imine (C=N–C) groups is 2. The van der Waals surface area contributed by atoms with Crippen molar-refractivity contribution >= 4 is 56.7 Å². The normalized spacial score (nSPS) is 13.5. The lowest BCUT2D eigenvalue weighted by molar-refractivity contribution is -0.131. The number of nitrogens with one attached hydrogen (secondary N) is 5. The van der Waals surface area contributed by atoms with E-state index >= 15 is 0 Å². The first-order valence-corrected chi connectivity index (χ1v) is 52.7. The number of benzene rings is 5. The van der Waals surface area contributed by atoms with Crippen LogP contribution in [0, 0.1) is 16.2 Å². The number of para-hydroxylation sites is 1. The Morgan fingerprint density at radius 2 is 0.890 bits per heavy atom. The number of fused-ring (bicyclic) bond motifs is 3. The number of hydrogen-bond acceptors (Lipinski definition) is 13. The van der Waals surface area contributed by atoms with Crippen molar-refractivity contribution in [3.05, 3.63) is 338 Å². The van der Waals surface area contributed by atoms with Gasteiger partial charge in [0.2, 0.25) is 5.91 Å². The number of allylic oxidation sites excluding steroid dienone is 4. The van der Waals surface area contributed by atoms with Crippen LogP contribution in [0.15, 0.2) is 275 Å². The predicted molar refractivity (Wildman–Crippen MR) is 629 cm³/mol. The zero-order valence-corrected chi connectivity index (χ0v) is 98.5. The molecular formula is C127H187N15O3S. The maximum Gasteiger partial charge on any atom is 0.323 e. The zero-order chi connectivity index (χ0) is 111. The summed E-state index contributed by atoms with van der Waals surface area (Å²) in [5.41, 5.74) is 23.0. The predicted octanol–water partition coefficient (Wildman–Crippen LogP) is 32.8. The largest absolute Gasteiger partial charge is 0.508 e. The molecule has 794 valence electrons. The van der Waals surface area contributed by atoms with Crippen LogP contribution in [0.25, 0.3) is 27.5 Å². The molecule has 19 heteroatoms. The summed E-state index contributed by atoms with van der Waals surface area (Å²) < 4.78 is 0. The fourth-order valence-corrected chi connectivity index (χ4v) is 15.1. The number of aromatic hydroxyl groups is 1. The molecule has 0 bridgehead atoms. The van der Waals surface area contributed by atoms with E-state index in [2.05, 4.69) is 511 Å². The van der Waals surface area contributed by atoms with Gasteiger partial charge in [0, 0.05) is 105 Å². The number of phenolic OH excluding ortho intramolecular Hbond substituents is 1. The fourth-order valence-electron chi connectivity index (χ4n) is 14.2. The zero-order valence-electron chi connectivity index (χ0n) is 97.7. The number of pyridine rings is 3. The lowest BCUT2D eigenvalue weighted by atomic mass is 9.83. The molecule has 11 heterocycles. The van der Waals surface area contributed by atoms with E-state index in [9.17, 15) is 9.59 Å². The molecule has 1 fully saturated rings. The van der Waals surface area contributed by atoms with Gasteiger partial charge in [0.1, 0.15) is 30.1 Å². The van der Waals surface area contributed by atoms with Gasteiger partial charge in [-0.3, -0.25) is 39.9 Å². The average molecular weight is 2000 g/mol. The van der Waals surface area contributed by atoms with E-state index in [-0.39, 0.29) is 65.4 Å². The van der Waals surface area contributed by atoms with Gasteiger partial charge in [0.05, 0.1) is 24.1 Å². The Morgan fingerprint density at radius 1 is 0.384 bits per heavy atom. The third-order valence-corrected chi connectivity index (χ3v) is 24.4. The average Bonchev–Trinajstić information content (AvgIpc) is 1.66. The summed E-state index contributed by atoms with van der Waals surface area (Å²) in [5.74, 6) is 2.51. The van der Waals surface area contributed by atoms with Gasteiger partial charge < -0.3 is 25.0 Å². The highest BCUT2D eigenvalue weighted by Gasteiger charge is 2.31. The smallest absolute Gasteiger partial charge is 0.323 e. The molecule has 0 atom stereocenters. The summed E-state index contributed by atoms with van der Waals surface area (Å²) in [6, 6.07) is 59.6. The highest BCUT2D eigenvalue weighted by atomic mass is 32.1. The van der Waals surface area contributed by atoms with E-state index in [0.717, 1.165) is 67.3 Å². The van der Waals surface area contributed by atoms with Crippen molar-refractivity contribution in [3.63, 3.8) is 0 Å². The highest BCUT2D eigenvalue weighted by Crippen LogP contribution is 2.40. The lowest BCUT2D eigenvalue weighted by Crippen LogP contribution is -2.41. The van der Waals surface area contributed by atoms with Crippen molar-refractivity contribution in [2.24, 2.45) is 26.2 Å². The Bertz CT molecular complexity index is 5740. The maximum atomic E-state index is 11.1. The molecule has 17 rings (SSSR count). The van der Waals surface area contributed by atoms with Gasteiger partial charge >= 0.3 is 5.69 Å². The van der Waals surface area contributed by atoms with Crippen LogP contribution in [0.3, 0.4) is 0 Å². The summed E-state index contributed by atoms with van der Waals surface area (Å²) in [7, 11) is 0. The quantitative estimate of drug-likeness (QED) is 0.0837. The molecule has 5 aromatic carbocycles. The van der Waals surface area contributed by atoms with Crippen molar-refractivity contribution in [2.75, 3.05) is 19.6 Å². The minimum absolute atomic E-state index is 0.0353. The van der Waals surface area contributed by atoms with Gasteiger partial charge in [-0.1, -0.05) is 391 Å². The standard InChI is InChI=1S/C13H16.C12H15N.C11H14N2O.C10H14O.C10H14.3C9H13N.C8H15NO.2C8H13N.C8H12S.2C6H11N3/c1-13(2,3)12-9-8-10-6-4-5-7-11(10)12;1-12(2,3)11-8-9-6-4-5-7-10(9)13-11;1-11(2,3)7-4-5-8-9(6-7)13-10(14)12-8;1-10(2,3)8-4-6-9(11)7-5-8;1-10(2,3)9-7-5-4-6-8-9;1-9(2,3)8-4-6-10-7-5-8;1-9(2,3)8-5-4-6-10-7-8;1-9(2,3)8-6-4-5-7-10-8;1-8(2,3)9-6-4-5-7(9)10;1-8(2,3)7-4-5-9-6-7;1-8(2,3)7-5-4-6-9-7;1-8(2,3)7-4-5-9-6-7;2*1-6(2,3)5-7-4-8-9-5/h4-7,9H,8H2,1-3H3;4-8,13H,1-3H3;4-6H,1-3H3,(H2,12,13,14);4-7,11H,1-3H3;4-8H,1-3H3;3*4-7H,1-3H3;4-6H2,1-3H3;4,6H,5H2,1-3H3;4-5H,6H2,1-3H3;4-6H,1-3H3;2*4H,1-3H3,(H,7,8,9). The van der Waals surface area contributed by atoms with Gasteiger partial charge in [-0.2, -0.15) is 21.5 Å². The molecule has 13 aromatic rings. The first kappa shape index (κ1) is 126. The van der Waals surface area contributed by atoms with Crippen molar-refractivity contribution < 1.29 is 9.90 Å². The van der Waals surface area contributed by atoms with Gasteiger partial charge in [-0.25, -0.2) is 14.8 Å². The first-order chi connectivity index (χ1) is 67.1. The van der Waals surface area contributed by atoms with Crippen LogP contribution in [-0.4, -0.2) is 113 Å². The Hall–Kier alpha value is -11.8. The summed E-state index contributed by atoms with van der Waals surface area (Å²) >= 11 is 1.77. The molecule has 0 spiro atoms. The summed E-state index contributed by atoms with van der Waals surface area (Å²) in [5, 5.41) is 27.8. The molecule has 146 heavy (non-hydrogen) atoms. The lowest BCUT2D eigenvalue weighted by Gasteiger charge is -2.31. The topological polar surface area (TPSA) is 252 Å². The summed E-state index contributed by atoms with van der Waals surface area (Å²) in [4.78, 5) is 61.8.